The Labute approximate surface area is 150 Å². The third-order valence-corrected chi connectivity index (χ3v) is 10.2. The fourth-order valence-electron chi connectivity index (χ4n) is 3.37. The zero-order chi connectivity index (χ0) is 17.8. The molecule has 0 saturated heterocycles. The van der Waals surface area contributed by atoms with E-state index in [4.69, 9.17) is 4.43 Å². The standard InChI is InChI=1S/C21H37FOSi/c1-5-7-9-13-17-24(19(3)4,18-14-10-8-6-2)23-21-16-12-11-15-20(21)22/h11-12,15-16,19H,5-10,13-14,17-18H2,1-4H3. The first-order chi connectivity index (χ1) is 11.6. The van der Waals surface area contributed by atoms with Crippen LogP contribution in [0, 0.1) is 5.82 Å². The van der Waals surface area contributed by atoms with Gasteiger partial charge < -0.3 is 4.43 Å². The van der Waals surface area contributed by atoms with Gasteiger partial charge in [0.2, 0.25) is 0 Å². The van der Waals surface area contributed by atoms with Crippen LogP contribution in [0.25, 0.3) is 0 Å². The van der Waals surface area contributed by atoms with Crippen LogP contribution < -0.4 is 4.43 Å². The molecular weight excluding hydrogens is 315 g/mol. The molecule has 1 aromatic carbocycles. The van der Waals surface area contributed by atoms with E-state index < -0.39 is 8.32 Å². The maximum Gasteiger partial charge on any atom is 0.253 e. The van der Waals surface area contributed by atoms with Crippen molar-refractivity contribution < 1.29 is 8.82 Å². The first kappa shape index (κ1) is 21.2. The van der Waals surface area contributed by atoms with Crippen LogP contribution in [0.15, 0.2) is 24.3 Å². The van der Waals surface area contributed by atoms with E-state index in [1.807, 2.05) is 6.07 Å². The lowest BCUT2D eigenvalue weighted by Gasteiger charge is -2.36. The molecule has 3 heteroatoms. The molecule has 0 saturated carbocycles. The zero-order valence-corrected chi connectivity index (χ0v) is 17.2. The molecule has 0 aromatic heterocycles. The second-order valence-corrected chi connectivity index (χ2v) is 11.9. The first-order valence-corrected chi connectivity index (χ1v) is 12.4. The van der Waals surface area contributed by atoms with E-state index in [1.54, 1.807) is 12.1 Å². The van der Waals surface area contributed by atoms with Crippen molar-refractivity contribution in [3.63, 3.8) is 0 Å². The smallest absolute Gasteiger partial charge is 0.253 e. The average molecular weight is 353 g/mol. The Morgan fingerprint density at radius 3 is 1.88 bits per heavy atom. The predicted octanol–water partition coefficient (Wildman–Crippen LogP) is 7.72. The van der Waals surface area contributed by atoms with Gasteiger partial charge in [-0.2, -0.15) is 0 Å². The summed E-state index contributed by atoms with van der Waals surface area (Å²) in [6.45, 7) is 9.06. The van der Waals surface area contributed by atoms with E-state index in [0.717, 1.165) is 12.1 Å². The second kappa shape index (κ2) is 11.7. The highest BCUT2D eigenvalue weighted by Crippen LogP contribution is 2.36. The van der Waals surface area contributed by atoms with Crippen LogP contribution in [0.3, 0.4) is 0 Å². The first-order valence-electron chi connectivity index (χ1n) is 9.99. The fraction of sp³-hybridized carbons (Fsp3) is 0.714. The zero-order valence-electron chi connectivity index (χ0n) is 16.2. The van der Waals surface area contributed by atoms with E-state index in [2.05, 4.69) is 27.7 Å². The van der Waals surface area contributed by atoms with Crippen molar-refractivity contribution in [2.45, 2.75) is 96.7 Å². The summed E-state index contributed by atoms with van der Waals surface area (Å²) in [5.41, 5.74) is 0.514. The van der Waals surface area contributed by atoms with Crippen molar-refractivity contribution in [2.24, 2.45) is 0 Å². The summed E-state index contributed by atoms with van der Waals surface area (Å²) in [5.74, 6) is 0.265. The topological polar surface area (TPSA) is 9.23 Å². The highest BCUT2D eigenvalue weighted by molar-refractivity contribution is 6.75. The molecule has 0 atom stereocenters. The van der Waals surface area contributed by atoms with Crippen LogP contribution in [0.5, 0.6) is 5.75 Å². The molecule has 0 bridgehead atoms. The summed E-state index contributed by atoms with van der Waals surface area (Å²) in [5, 5.41) is 0. The molecule has 0 heterocycles. The van der Waals surface area contributed by atoms with Gasteiger partial charge in [-0.25, -0.2) is 4.39 Å². The predicted molar refractivity (Wildman–Crippen MR) is 106 cm³/mol. The van der Waals surface area contributed by atoms with E-state index >= 15 is 0 Å². The molecule has 0 N–H and O–H groups in total. The van der Waals surface area contributed by atoms with Gasteiger partial charge in [0.1, 0.15) is 5.75 Å². The van der Waals surface area contributed by atoms with E-state index in [0.29, 0.717) is 11.3 Å². The van der Waals surface area contributed by atoms with Crippen LogP contribution in [-0.2, 0) is 0 Å². The van der Waals surface area contributed by atoms with Gasteiger partial charge in [0.25, 0.3) is 8.32 Å². The maximum atomic E-state index is 14.2. The Balaban J connectivity index is 2.85. The van der Waals surface area contributed by atoms with Crippen LogP contribution in [-0.4, -0.2) is 8.32 Å². The lowest BCUT2D eigenvalue weighted by atomic mass is 10.2. The van der Waals surface area contributed by atoms with E-state index in [9.17, 15) is 4.39 Å². The summed E-state index contributed by atoms with van der Waals surface area (Å²) in [4.78, 5) is 0. The molecule has 138 valence electrons. The van der Waals surface area contributed by atoms with Crippen LogP contribution >= 0.6 is 0 Å². The molecule has 0 aliphatic rings. The summed E-state index contributed by atoms with van der Waals surface area (Å²) in [6.07, 6.45) is 10.1. The van der Waals surface area contributed by atoms with Crippen molar-refractivity contribution in [2.75, 3.05) is 0 Å². The van der Waals surface area contributed by atoms with Crippen molar-refractivity contribution in [3.8, 4) is 5.75 Å². The Bertz CT molecular complexity index is 435. The molecule has 0 aliphatic carbocycles. The van der Waals surface area contributed by atoms with Crippen LogP contribution in [0.1, 0.15) is 79.1 Å². The monoisotopic (exact) mass is 352 g/mol. The number of rotatable bonds is 13. The molecule has 0 aliphatic heterocycles. The molecule has 0 radical (unpaired) electrons. The molecule has 0 unspecified atom stereocenters. The normalized spacial score (nSPS) is 11.9. The highest BCUT2D eigenvalue weighted by Gasteiger charge is 2.40. The lowest BCUT2D eigenvalue weighted by Crippen LogP contribution is -2.45. The summed E-state index contributed by atoms with van der Waals surface area (Å²) in [6, 6.07) is 9.26. The summed E-state index contributed by atoms with van der Waals surface area (Å²) in [7, 11) is -1.99. The Morgan fingerprint density at radius 2 is 1.42 bits per heavy atom. The second-order valence-electron chi connectivity index (χ2n) is 7.37. The van der Waals surface area contributed by atoms with Gasteiger partial charge in [-0.3, -0.25) is 0 Å². The lowest BCUT2D eigenvalue weighted by molar-refractivity contribution is 0.459. The van der Waals surface area contributed by atoms with E-state index in [1.165, 1.54) is 57.4 Å². The molecule has 24 heavy (non-hydrogen) atoms. The Hall–Kier alpha value is -0.833. The summed E-state index contributed by atoms with van der Waals surface area (Å²) < 4.78 is 20.7. The maximum absolute atomic E-state index is 14.2. The minimum Gasteiger partial charge on any atom is -0.541 e. The summed E-state index contributed by atoms with van der Waals surface area (Å²) >= 11 is 0. The third-order valence-electron chi connectivity index (χ3n) is 5.11. The van der Waals surface area contributed by atoms with Crippen molar-refractivity contribution in [3.05, 3.63) is 30.1 Å². The molecule has 0 amide bonds. The minimum absolute atomic E-state index is 0.211. The Kier molecular flexibility index (Phi) is 10.3. The minimum atomic E-state index is -1.99. The third kappa shape index (κ3) is 6.96. The molecule has 0 spiro atoms. The van der Waals surface area contributed by atoms with Crippen molar-refractivity contribution in [1.82, 2.24) is 0 Å². The number of para-hydroxylation sites is 1. The molecular formula is C21H37FOSi. The largest absolute Gasteiger partial charge is 0.541 e. The molecule has 1 rings (SSSR count). The van der Waals surface area contributed by atoms with Crippen LogP contribution in [0.2, 0.25) is 17.6 Å². The molecule has 0 fully saturated rings. The number of benzene rings is 1. The average Bonchev–Trinajstić information content (AvgIpc) is 2.57. The van der Waals surface area contributed by atoms with Gasteiger partial charge in [-0.1, -0.05) is 91.2 Å². The number of hydrogen-bond donors (Lipinski definition) is 0. The van der Waals surface area contributed by atoms with E-state index in [-0.39, 0.29) is 5.82 Å². The Morgan fingerprint density at radius 1 is 0.875 bits per heavy atom. The van der Waals surface area contributed by atoms with Gasteiger partial charge in [-0.05, 0) is 29.8 Å². The van der Waals surface area contributed by atoms with Crippen molar-refractivity contribution in [1.29, 1.82) is 0 Å². The van der Waals surface area contributed by atoms with Crippen molar-refractivity contribution >= 4 is 8.32 Å². The van der Waals surface area contributed by atoms with Crippen LogP contribution in [0.4, 0.5) is 4.39 Å². The van der Waals surface area contributed by atoms with Gasteiger partial charge in [0.15, 0.2) is 5.82 Å². The van der Waals surface area contributed by atoms with Gasteiger partial charge in [0.05, 0.1) is 0 Å². The van der Waals surface area contributed by atoms with Gasteiger partial charge >= 0.3 is 0 Å². The molecule has 1 aromatic rings. The highest BCUT2D eigenvalue weighted by atomic mass is 28.4. The molecule has 1 nitrogen and oxygen atoms in total. The van der Waals surface area contributed by atoms with Gasteiger partial charge in [-0.15, -0.1) is 0 Å². The number of unbranched alkanes of at least 4 members (excludes halogenated alkanes) is 6. The fourth-order valence-corrected chi connectivity index (χ4v) is 7.52. The quantitative estimate of drug-likeness (QED) is 0.261. The SMILES string of the molecule is CCCCCC[Si](CCCCCC)(Oc1ccccc1F)C(C)C. The number of halogens is 1. The number of hydrogen-bond acceptors (Lipinski definition) is 1. The van der Waals surface area contributed by atoms with Gasteiger partial charge in [0, 0.05) is 0 Å².